The molecule has 0 radical (unpaired) electrons. The standard InChI is InChI=1S/C22H19ClN2O4/c23-17-8-4-9-18(12-17)25-21(27)14-29-22(28)13-24-20(26)11-16-7-3-6-15-5-1-2-10-19(15)16/h1-10,12H,11,13-14H2,(H,24,26)(H,25,27). The Morgan fingerprint density at radius 2 is 1.66 bits per heavy atom. The molecule has 2 N–H and O–H groups in total. The SMILES string of the molecule is O=C(Cc1cccc2ccccc12)NCC(=O)OCC(=O)Nc1cccc(Cl)c1. The third-order valence-electron chi connectivity index (χ3n) is 4.13. The summed E-state index contributed by atoms with van der Waals surface area (Å²) in [7, 11) is 0. The maximum atomic E-state index is 12.2. The number of ether oxygens (including phenoxy) is 1. The van der Waals surface area contributed by atoms with Gasteiger partial charge in [0.2, 0.25) is 5.91 Å². The van der Waals surface area contributed by atoms with E-state index >= 15 is 0 Å². The highest BCUT2D eigenvalue weighted by atomic mass is 35.5. The largest absolute Gasteiger partial charge is 0.454 e. The summed E-state index contributed by atoms with van der Waals surface area (Å²) in [5.41, 5.74) is 1.37. The first-order valence-electron chi connectivity index (χ1n) is 8.95. The molecular formula is C22H19ClN2O4. The van der Waals surface area contributed by atoms with Gasteiger partial charge in [0.25, 0.3) is 5.91 Å². The van der Waals surface area contributed by atoms with E-state index in [-0.39, 0.29) is 18.9 Å². The number of nitrogens with one attached hydrogen (secondary N) is 2. The van der Waals surface area contributed by atoms with Gasteiger partial charge in [0.1, 0.15) is 6.54 Å². The number of amides is 2. The van der Waals surface area contributed by atoms with Gasteiger partial charge in [-0.25, -0.2) is 0 Å². The summed E-state index contributed by atoms with van der Waals surface area (Å²) in [4.78, 5) is 35.8. The number of carbonyl (C=O) groups excluding carboxylic acids is 3. The van der Waals surface area contributed by atoms with Crippen LogP contribution in [0.15, 0.2) is 66.7 Å². The van der Waals surface area contributed by atoms with Gasteiger partial charge in [-0.2, -0.15) is 0 Å². The molecule has 0 aliphatic rings. The van der Waals surface area contributed by atoms with Crippen LogP contribution < -0.4 is 10.6 Å². The van der Waals surface area contributed by atoms with Crippen LogP contribution >= 0.6 is 11.6 Å². The van der Waals surface area contributed by atoms with Crippen molar-refractivity contribution in [2.75, 3.05) is 18.5 Å². The van der Waals surface area contributed by atoms with Crippen molar-refractivity contribution in [1.82, 2.24) is 5.32 Å². The smallest absolute Gasteiger partial charge is 0.325 e. The van der Waals surface area contributed by atoms with Gasteiger partial charge in [-0.15, -0.1) is 0 Å². The zero-order valence-corrected chi connectivity index (χ0v) is 16.2. The van der Waals surface area contributed by atoms with Crippen LogP contribution in [0.5, 0.6) is 0 Å². The maximum Gasteiger partial charge on any atom is 0.325 e. The molecule has 29 heavy (non-hydrogen) atoms. The van der Waals surface area contributed by atoms with E-state index in [0.29, 0.717) is 10.7 Å². The molecule has 0 unspecified atom stereocenters. The minimum absolute atomic E-state index is 0.143. The fourth-order valence-electron chi connectivity index (χ4n) is 2.81. The van der Waals surface area contributed by atoms with Crippen molar-refractivity contribution in [2.24, 2.45) is 0 Å². The highest BCUT2D eigenvalue weighted by Crippen LogP contribution is 2.18. The van der Waals surface area contributed by atoms with E-state index < -0.39 is 18.5 Å². The maximum absolute atomic E-state index is 12.2. The monoisotopic (exact) mass is 410 g/mol. The second-order valence-electron chi connectivity index (χ2n) is 6.31. The van der Waals surface area contributed by atoms with Crippen molar-refractivity contribution >= 4 is 45.8 Å². The summed E-state index contributed by atoms with van der Waals surface area (Å²) in [5.74, 6) is -1.50. The lowest BCUT2D eigenvalue weighted by Gasteiger charge is -2.09. The Bertz CT molecular complexity index is 1050. The minimum atomic E-state index is -0.697. The second kappa shape index (κ2) is 9.71. The normalized spacial score (nSPS) is 10.4. The molecule has 0 spiro atoms. The van der Waals surface area contributed by atoms with E-state index in [1.54, 1.807) is 24.3 Å². The van der Waals surface area contributed by atoms with E-state index in [2.05, 4.69) is 10.6 Å². The number of anilines is 1. The van der Waals surface area contributed by atoms with Gasteiger partial charge in [0.15, 0.2) is 6.61 Å². The van der Waals surface area contributed by atoms with E-state index in [0.717, 1.165) is 16.3 Å². The summed E-state index contributed by atoms with van der Waals surface area (Å²) >= 11 is 5.84. The van der Waals surface area contributed by atoms with Gasteiger partial charge >= 0.3 is 5.97 Å². The summed E-state index contributed by atoms with van der Waals surface area (Å²) in [6, 6.07) is 20.1. The number of carbonyl (C=O) groups is 3. The Hall–Kier alpha value is -3.38. The lowest BCUT2D eigenvalue weighted by atomic mass is 10.0. The first kappa shape index (κ1) is 20.4. The Morgan fingerprint density at radius 1 is 0.897 bits per heavy atom. The molecule has 0 fully saturated rings. The molecule has 3 aromatic carbocycles. The lowest BCUT2D eigenvalue weighted by Crippen LogP contribution is -2.33. The molecule has 0 bridgehead atoms. The van der Waals surface area contributed by atoms with Crippen LogP contribution in [0.25, 0.3) is 10.8 Å². The number of halogens is 1. The molecule has 7 heteroatoms. The van der Waals surface area contributed by atoms with Crippen LogP contribution in [0.4, 0.5) is 5.69 Å². The molecule has 0 saturated carbocycles. The first-order valence-corrected chi connectivity index (χ1v) is 9.33. The van der Waals surface area contributed by atoms with Gasteiger partial charge in [0.05, 0.1) is 6.42 Å². The summed E-state index contributed by atoms with van der Waals surface area (Å²) in [6.07, 6.45) is 0.143. The summed E-state index contributed by atoms with van der Waals surface area (Å²) in [6.45, 7) is -0.765. The highest BCUT2D eigenvalue weighted by molar-refractivity contribution is 6.30. The fourth-order valence-corrected chi connectivity index (χ4v) is 3.00. The highest BCUT2D eigenvalue weighted by Gasteiger charge is 2.11. The Morgan fingerprint density at radius 3 is 2.48 bits per heavy atom. The first-order chi connectivity index (χ1) is 14.0. The van der Waals surface area contributed by atoms with E-state index in [1.807, 2.05) is 42.5 Å². The Labute approximate surface area is 172 Å². The fraction of sp³-hybridized carbons (Fsp3) is 0.136. The van der Waals surface area contributed by atoms with Gasteiger partial charge in [-0.3, -0.25) is 14.4 Å². The van der Waals surface area contributed by atoms with Gasteiger partial charge in [-0.1, -0.05) is 60.1 Å². The van der Waals surface area contributed by atoms with E-state index in [4.69, 9.17) is 16.3 Å². The summed E-state index contributed by atoms with van der Waals surface area (Å²) < 4.78 is 4.88. The van der Waals surface area contributed by atoms with Crippen molar-refractivity contribution < 1.29 is 19.1 Å². The lowest BCUT2D eigenvalue weighted by molar-refractivity contribution is -0.147. The van der Waals surface area contributed by atoms with Gasteiger partial charge in [-0.05, 0) is 34.5 Å². The molecule has 0 atom stereocenters. The van der Waals surface area contributed by atoms with E-state index in [9.17, 15) is 14.4 Å². The number of hydrogen-bond donors (Lipinski definition) is 2. The molecule has 0 heterocycles. The zero-order valence-electron chi connectivity index (χ0n) is 15.5. The number of fused-ring (bicyclic) bond motifs is 1. The van der Waals surface area contributed by atoms with Crippen LogP contribution in [0, 0.1) is 0 Å². The van der Waals surface area contributed by atoms with E-state index in [1.165, 1.54) is 0 Å². The molecular weight excluding hydrogens is 392 g/mol. The molecule has 0 aromatic heterocycles. The number of rotatable bonds is 7. The van der Waals surface area contributed by atoms with Crippen LogP contribution in [-0.4, -0.2) is 30.9 Å². The summed E-state index contributed by atoms with van der Waals surface area (Å²) in [5, 5.41) is 7.59. The van der Waals surface area contributed by atoms with Crippen LogP contribution in [-0.2, 0) is 25.5 Å². The van der Waals surface area contributed by atoms with Crippen LogP contribution in [0.2, 0.25) is 5.02 Å². The number of benzene rings is 3. The molecule has 3 aromatic rings. The molecule has 3 rings (SSSR count). The average molecular weight is 411 g/mol. The number of hydrogen-bond acceptors (Lipinski definition) is 4. The average Bonchev–Trinajstić information content (AvgIpc) is 2.71. The van der Waals surface area contributed by atoms with Gasteiger partial charge < -0.3 is 15.4 Å². The third-order valence-corrected chi connectivity index (χ3v) is 4.37. The van der Waals surface area contributed by atoms with Crippen LogP contribution in [0.1, 0.15) is 5.56 Å². The molecule has 0 aliphatic carbocycles. The van der Waals surface area contributed by atoms with Gasteiger partial charge in [0, 0.05) is 10.7 Å². The van der Waals surface area contributed by atoms with Crippen molar-refractivity contribution in [3.05, 3.63) is 77.3 Å². The van der Waals surface area contributed by atoms with Crippen molar-refractivity contribution in [3.8, 4) is 0 Å². The van der Waals surface area contributed by atoms with Crippen LogP contribution in [0.3, 0.4) is 0 Å². The Balaban J connectivity index is 1.43. The molecule has 148 valence electrons. The third kappa shape index (κ3) is 6.05. The van der Waals surface area contributed by atoms with Crippen molar-refractivity contribution in [1.29, 1.82) is 0 Å². The molecule has 6 nitrogen and oxygen atoms in total. The molecule has 0 saturated heterocycles. The Kier molecular flexibility index (Phi) is 6.81. The predicted octanol–water partition coefficient (Wildman–Crippen LogP) is 3.33. The number of esters is 1. The minimum Gasteiger partial charge on any atom is -0.454 e. The topological polar surface area (TPSA) is 84.5 Å². The predicted molar refractivity (Wildman–Crippen MR) is 112 cm³/mol. The quantitative estimate of drug-likeness (QED) is 0.585. The van der Waals surface area contributed by atoms with Crippen molar-refractivity contribution in [3.63, 3.8) is 0 Å². The van der Waals surface area contributed by atoms with Crippen molar-refractivity contribution in [2.45, 2.75) is 6.42 Å². The zero-order chi connectivity index (χ0) is 20.6. The second-order valence-corrected chi connectivity index (χ2v) is 6.75. The molecule has 2 amide bonds. The molecule has 0 aliphatic heterocycles.